The van der Waals surface area contributed by atoms with Gasteiger partial charge < -0.3 is 15.0 Å². The molecule has 0 bridgehead atoms. The molecule has 2 atom stereocenters. The van der Waals surface area contributed by atoms with Gasteiger partial charge in [0.05, 0.1) is 6.54 Å². The summed E-state index contributed by atoms with van der Waals surface area (Å²) in [5.74, 6) is 0. The molecule has 0 aliphatic heterocycles. The Morgan fingerprint density at radius 3 is 2.42 bits per heavy atom. The van der Waals surface area contributed by atoms with Crippen molar-refractivity contribution in [1.29, 1.82) is 0 Å². The summed E-state index contributed by atoms with van der Waals surface area (Å²) in [7, 11) is 0. The maximum atomic E-state index is 10.5. The predicted molar refractivity (Wildman–Crippen MR) is 99.1 cm³/mol. The van der Waals surface area contributed by atoms with Crippen molar-refractivity contribution in [2.24, 2.45) is 0 Å². The fraction of sp³-hybridized carbons (Fsp3) is 0.333. The minimum Gasteiger partial charge on any atom is -0.385 e. The first-order valence-corrected chi connectivity index (χ1v) is 8.68. The minimum absolute atomic E-state index is 0.352. The van der Waals surface area contributed by atoms with Crippen LogP contribution in [0.1, 0.15) is 29.8 Å². The van der Waals surface area contributed by atoms with Crippen LogP contribution in [0.3, 0.4) is 0 Å². The number of nitrogens with two attached hydrogens (primary N) is 1. The van der Waals surface area contributed by atoms with E-state index in [2.05, 4.69) is 79.2 Å². The quantitative estimate of drug-likeness (QED) is 0.719. The summed E-state index contributed by atoms with van der Waals surface area (Å²) in [5.41, 5.74) is 5.05. The van der Waals surface area contributed by atoms with E-state index >= 15 is 0 Å². The van der Waals surface area contributed by atoms with Crippen LogP contribution in [-0.4, -0.2) is 22.3 Å². The van der Waals surface area contributed by atoms with Gasteiger partial charge in [-0.3, -0.25) is 0 Å². The van der Waals surface area contributed by atoms with Crippen LogP contribution < -0.4 is 5.32 Å². The second-order valence-electron chi connectivity index (χ2n) is 6.66. The smallest absolute Gasteiger partial charge is 0.121 e. The van der Waals surface area contributed by atoms with Crippen molar-refractivity contribution in [3.05, 3.63) is 71.4 Å². The first kappa shape index (κ1) is 16.7. The molecule has 0 unspecified atom stereocenters. The highest BCUT2D eigenvalue weighted by Gasteiger charge is 2.16. The summed E-state index contributed by atoms with van der Waals surface area (Å²) in [5, 5.41) is 14.0. The number of nitrogens with zero attached hydrogens (tertiary/aromatic N) is 1. The van der Waals surface area contributed by atoms with E-state index < -0.39 is 0 Å². The molecule has 2 aromatic carbocycles. The predicted octanol–water partition coefficient (Wildman–Crippen LogP) is 2.94. The molecule has 0 aliphatic rings. The number of para-hydroxylation sites is 1. The van der Waals surface area contributed by atoms with Gasteiger partial charge in [-0.25, -0.2) is 0 Å². The van der Waals surface area contributed by atoms with Crippen molar-refractivity contribution in [3.8, 4) is 0 Å². The molecular weight excluding hydrogens is 296 g/mol. The Kier molecular flexibility index (Phi) is 5.03. The lowest BCUT2D eigenvalue weighted by atomic mass is 10.1. The Labute approximate surface area is 143 Å². The zero-order valence-corrected chi connectivity index (χ0v) is 14.7. The van der Waals surface area contributed by atoms with Crippen LogP contribution in [0.2, 0.25) is 0 Å². The third-order valence-corrected chi connectivity index (χ3v) is 5.03. The van der Waals surface area contributed by atoms with Crippen molar-refractivity contribution in [3.63, 3.8) is 0 Å². The van der Waals surface area contributed by atoms with Crippen molar-refractivity contribution in [1.82, 2.24) is 4.57 Å². The van der Waals surface area contributed by atoms with Crippen LogP contribution in [0, 0.1) is 13.8 Å². The van der Waals surface area contributed by atoms with Gasteiger partial charge in [0, 0.05) is 22.2 Å². The average Bonchev–Trinajstić information content (AvgIpc) is 2.86. The van der Waals surface area contributed by atoms with Gasteiger partial charge >= 0.3 is 0 Å². The lowest BCUT2D eigenvalue weighted by molar-refractivity contribution is -0.698. The van der Waals surface area contributed by atoms with Crippen LogP contribution in [0.5, 0.6) is 0 Å². The topological polar surface area (TPSA) is 41.8 Å². The summed E-state index contributed by atoms with van der Waals surface area (Å²) >= 11 is 0. The molecule has 0 amide bonds. The monoisotopic (exact) mass is 323 g/mol. The molecule has 0 spiro atoms. The summed E-state index contributed by atoms with van der Waals surface area (Å²) < 4.78 is 2.25. The fourth-order valence-electron chi connectivity index (χ4n) is 3.38. The highest BCUT2D eigenvalue weighted by Crippen LogP contribution is 2.25. The summed E-state index contributed by atoms with van der Waals surface area (Å²) in [6.45, 7) is 7.81. The molecule has 0 radical (unpaired) electrons. The summed E-state index contributed by atoms with van der Waals surface area (Å²) in [4.78, 5) is 0. The Morgan fingerprint density at radius 1 is 1.00 bits per heavy atom. The molecule has 3 aromatic rings. The minimum atomic E-state index is -0.370. The number of hydrogen-bond acceptors (Lipinski definition) is 1. The highest BCUT2D eigenvalue weighted by molar-refractivity contribution is 5.85. The molecule has 126 valence electrons. The third-order valence-electron chi connectivity index (χ3n) is 5.03. The van der Waals surface area contributed by atoms with E-state index in [9.17, 15) is 5.11 Å². The molecule has 3 rings (SSSR count). The normalized spacial score (nSPS) is 14.0. The van der Waals surface area contributed by atoms with Gasteiger partial charge in [0.25, 0.3) is 0 Å². The lowest BCUT2D eigenvalue weighted by Gasteiger charge is -2.17. The zero-order valence-electron chi connectivity index (χ0n) is 14.7. The van der Waals surface area contributed by atoms with E-state index in [0.29, 0.717) is 19.1 Å². The van der Waals surface area contributed by atoms with Crippen LogP contribution in [0.15, 0.2) is 54.6 Å². The number of benzene rings is 2. The van der Waals surface area contributed by atoms with E-state index in [-0.39, 0.29) is 6.10 Å². The number of aromatic nitrogens is 1. The summed E-state index contributed by atoms with van der Waals surface area (Å²) in [6.07, 6.45) is -0.370. The number of quaternary nitrogens is 1. The van der Waals surface area contributed by atoms with Crippen molar-refractivity contribution < 1.29 is 10.4 Å². The Bertz CT molecular complexity index is 807. The lowest BCUT2D eigenvalue weighted by Crippen LogP contribution is -2.86. The molecule has 24 heavy (non-hydrogen) atoms. The van der Waals surface area contributed by atoms with Crippen molar-refractivity contribution in [2.75, 3.05) is 6.54 Å². The molecule has 3 N–H and O–H groups in total. The average molecular weight is 323 g/mol. The number of rotatable bonds is 6. The van der Waals surface area contributed by atoms with Crippen molar-refractivity contribution in [2.45, 2.75) is 39.5 Å². The molecule has 1 aromatic heterocycles. The van der Waals surface area contributed by atoms with Gasteiger partial charge in [0.2, 0.25) is 0 Å². The van der Waals surface area contributed by atoms with Crippen LogP contribution in [-0.2, 0) is 6.54 Å². The van der Waals surface area contributed by atoms with Gasteiger partial charge in [0.15, 0.2) is 0 Å². The van der Waals surface area contributed by atoms with Gasteiger partial charge in [-0.15, -0.1) is 0 Å². The number of aliphatic hydroxyl groups excluding tert-OH is 1. The van der Waals surface area contributed by atoms with Crippen LogP contribution in [0.4, 0.5) is 0 Å². The van der Waals surface area contributed by atoms with Gasteiger partial charge in [-0.1, -0.05) is 48.5 Å². The first-order valence-electron chi connectivity index (χ1n) is 8.68. The Morgan fingerprint density at radius 2 is 1.67 bits per heavy atom. The number of aryl methyl sites for hydroxylation is 1. The molecule has 0 fully saturated rings. The highest BCUT2D eigenvalue weighted by atomic mass is 16.3. The molecular formula is C21H27N2O+. The summed E-state index contributed by atoms with van der Waals surface area (Å²) in [6, 6.07) is 19.2. The third kappa shape index (κ3) is 3.37. The first-order chi connectivity index (χ1) is 11.6. The van der Waals surface area contributed by atoms with Crippen LogP contribution in [0.25, 0.3) is 10.9 Å². The number of fused-ring (bicyclic) bond motifs is 1. The van der Waals surface area contributed by atoms with E-state index in [1.807, 2.05) is 6.07 Å². The Balaban J connectivity index is 1.67. The van der Waals surface area contributed by atoms with Crippen LogP contribution >= 0.6 is 0 Å². The van der Waals surface area contributed by atoms with Crippen molar-refractivity contribution >= 4 is 10.9 Å². The molecule has 1 heterocycles. The molecule has 0 aliphatic carbocycles. The van der Waals surface area contributed by atoms with Gasteiger partial charge in [0.1, 0.15) is 18.7 Å². The van der Waals surface area contributed by atoms with Gasteiger partial charge in [-0.2, -0.15) is 0 Å². The second-order valence-corrected chi connectivity index (χ2v) is 6.66. The van der Waals surface area contributed by atoms with E-state index in [0.717, 1.165) is 0 Å². The van der Waals surface area contributed by atoms with E-state index in [1.165, 1.54) is 27.7 Å². The number of hydrogen-bond donors (Lipinski definition) is 2. The van der Waals surface area contributed by atoms with E-state index in [4.69, 9.17) is 0 Å². The fourth-order valence-corrected chi connectivity index (χ4v) is 3.38. The molecule has 0 saturated carbocycles. The SMILES string of the molecule is Cc1c(C)n(C[C@H](O)C[NH2+][C@H](C)c2ccccc2)c2ccccc12. The largest absolute Gasteiger partial charge is 0.385 e. The maximum Gasteiger partial charge on any atom is 0.121 e. The second kappa shape index (κ2) is 7.20. The Hall–Kier alpha value is -2.10. The molecule has 3 nitrogen and oxygen atoms in total. The molecule has 3 heteroatoms. The van der Waals surface area contributed by atoms with Gasteiger partial charge in [-0.05, 0) is 32.4 Å². The maximum absolute atomic E-state index is 10.5. The zero-order chi connectivity index (χ0) is 17.1. The molecule has 0 saturated heterocycles. The van der Waals surface area contributed by atoms with E-state index in [1.54, 1.807) is 0 Å². The number of aliphatic hydroxyl groups is 1. The standard InChI is InChI=1S/C21H26N2O/c1-15-17(3)23(21-12-8-7-11-20(15)21)14-19(24)13-22-16(2)18-9-5-4-6-10-18/h4-12,16,19,22,24H,13-14H2,1-3H3/p+1/t16-,19-/m1/s1.